The standard InChI is InChI=1S/C37H40F4N4O2S.C36H38F4N4O2S/c1-4-43(5-2)18-19-44(22-26-6-10-28(11-7-26)29-12-14-30(15-13-29)37(39,40)41)34(46)23-45-33-21-25(3)20-32(33)35(47)42-36(45)48-24-27-8-16-31(38)17-9-27;1-3-42(4-2)20-21-43(22-25-8-12-27(13-9-25)28-14-16-29(17-15-28)36(38,39)40)33(45)23-44-32-7-5-6-31(32)34(46)41-35(44)47-24-26-10-18-30(37)19-11-26/h6-17,25H,4-5,18-24H2,1-3H3;8-19H,3-7,20-24H2,1-2H3/i6D,7D,10D,11D,12D,13D,14D,15D,18D2,19D2,20D2,21D2,24D2,25D;10D,11D,18D,19D,20D2,21D2,24D2. The molecule has 2 aromatic heterocycles. The minimum Gasteiger partial charge on any atom is -0.336 e. The fraction of sp³-hybridized carbons (Fsp3) is 0.370. The Morgan fingerprint density at radius 2 is 0.989 bits per heavy atom. The van der Waals surface area contributed by atoms with Crippen LogP contribution in [0.4, 0.5) is 35.1 Å². The Bertz CT molecular complexity index is 5520. The van der Waals surface area contributed by atoms with Crippen LogP contribution in [0.1, 0.15) is 137 Å². The van der Waals surface area contributed by atoms with Crippen LogP contribution in [0.15, 0.2) is 165 Å². The average molecular weight is 1380 g/mol. The molecule has 1 atom stereocenters. The molecule has 8 aromatic rings. The van der Waals surface area contributed by atoms with E-state index in [2.05, 4.69) is 9.97 Å². The second kappa shape index (κ2) is 32.7. The van der Waals surface area contributed by atoms with Crippen molar-refractivity contribution in [2.75, 3.05) is 52.2 Å². The van der Waals surface area contributed by atoms with Crippen molar-refractivity contribution in [2.45, 2.75) is 127 Å². The van der Waals surface area contributed by atoms with Crippen LogP contribution in [0.5, 0.6) is 0 Å². The summed E-state index contributed by atoms with van der Waals surface area (Å²) in [6.45, 7) is -10.2. The number of aromatic nitrogens is 4. The van der Waals surface area contributed by atoms with E-state index in [1.807, 2.05) is 0 Å². The van der Waals surface area contributed by atoms with E-state index in [0.29, 0.717) is 32.6 Å². The molecule has 0 aliphatic heterocycles. The van der Waals surface area contributed by atoms with Gasteiger partial charge in [-0.15, -0.1) is 0 Å². The zero-order valence-electron chi connectivity index (χ0n) is 80.3. The summed E-state index contributed by atoms with van der Waals surface area (Å²) in [4.78, 5) is 67.0. The summed E-state index contributed by atoms with van der Waals surface area (Å²) in [5.74, 6) is -7.76. The Kier molecular flexibility index (Phi) is 14.4. The summed E-state index contributed by atoms with van der Waals surface area (Å²) >= 11 is 0.235. The van der Waals surface area contributed by atoms with Gasteiger partial charge >= 0.3 is 12.4 Å². The second-order valence-corrected chi connectivity index (χ2v) is 22.2. The SMILES string of the molecule is [2H]c1c([2H])c(-c2c([2H])c([2H])c(C(F)(F)F)c([2H])c2[2H])c([2H])c([2H])c1CN(C(=O)Cn1c(SC([2H])([2H])c2ccc(F)cc2)nc(=O)c2c1C([2H])([2H])C([2H])(C)C2([2H])[2H])C([2H])([2H])C([2H])([2H])N(CC)CC.[2H]c1c([2H])c(C([2H])([2H])Sc2nc(=O)c3c(n2CC(=O)N(Cc2ccc(-c4ccc(C(F)(F)F)cc4)cc2)C([2H])([2H])C([2H])([2H])N(CC)CC)CCC3)c([2H])c([2H])c1F. The van der Waals surface area contributed by atoms with E-state index in [9.17, 15) is 57.0 Å². The lowest BCUT2D eigenvalue weighted by Gasteiger charge is -2.28. The summed E-state index contributed by atoms with van der Waals surface area (Å²) in [5.41, 5.74) is -15.0. The average Bonchev–Trinajstić information content (AvgIpc) is 1.51. The Morgan fingerprint density at radius 3 is 1.51 bits per heavy atom. The van der Waals surface area contributed by atoms with Crippen molar-refractivity contribution in [1.82, 2.24) is 38.7 Å². The van der Waals surface area contributed by atoms with Gasteiger partial charge in [0.2, 0.25) is 11.8 Å². The topological polar surface area (TPSA) is 117 Å². The van der Waals surface area contributed by atoms with Gasteiger partial charge in [0.25, 0.3) is 11.1 Å². The first kappa shape index (κ1) is 41.9. The van der Waals surface area contributed by atoms with Crippen LogP contribution in [0.3, 0.4) is 0 Å². The molecule has 0 bridgehead atoms. The largest absolute Gasteiger partial charge is 0.416 e. The van der Waals surface area contributed by atoms with Crippen molar-refractivity contribution in [3.05, 3.63) is 234 Å². The summed E-state index contributed by atoms with van der Waals surface area (Å²) in [6, 6.07) is -0.576. The fourth-order valence-corrected chi connectivity index (χ4v) is 10.7. The molecule has 95 heavy (non-hydrogen) atoms. The molecule has 12 nitrogen and oxygen atoms in total. The molecule has 0 radical (unpaired) electrons. The van der Waals surface area contributed by atoms with Gasteiger partial charge in [-0.3, -0.25) is 19.2 Å². The minimum atomic E-state index is -5.39. The molecular formula is C73H78F8N8O4S2. The molecule has 6 aromatic carbocycles. The van der Waals surface area contributed by atoms with Gasteiger partial charge in [-0.2, -0.15) is 36.3 Å². The number of hydrogen-bond acceptors (Lipinski definition) is 10. The number of carbonyl (C=O) groups is 2. The highest BCUT2D eigenvalue weighted by Gasteiger charge is 2.33. The summed E-state index contributed by atoms with van der Waals surface area (Å²) in [5, 5.41) is -1.28. The van der Waals surface area contributed by atoms with E-state index in [0.717, 1.165) is 48.2 Å². The smallest absolute Gasteiger partial charge is 0.336 e. The third-order valence-corrected chi connectivity index (χ3v) is 15.9. The lowest BCUT2D eigenvalue weighted by Crippen LogP contribution is -2.40. The number of thioether (sulfide) groups is 2. The maximum absolute atomic E-state index is 15.0. The van der Waals surface area contributed by atoms with E-state index in [1.165, 1.54) is 47.6 Å². The van der Waals surface area contributed by atoms with Crippen LogP contribution in [0.2, 0.25) is 0 Å². The van der Waals surface area contributed by atoms with Crippen molar-refractivity contribution in [3.8, 4) is 22.3 Å². The molecule has 2 aliphatic carbocycles. The predicted octanol–water partition coefficient (Wildman–Crippen LogP) is 14.7. The summed E-state index contributed by atoms with van der Waals surface area (Å²) in [7, 11) is 0. The summed E-state index contributed by atoms with van der Waals surface area (Å²) < 4.78 is 362. The normalized spacial score (nSPS) is 20.8. The number of fused-ring (bicyclic) bond motifs is 2. The second-order valence-electron chi connectivity index (χ2n) is 20.7. The number of carbonyl (C=O) groups excluding carboxylic acids is 2. The highest BCUT2D eigenvalue weighted by atomic mass is 32.2. The quantitative estimate of drug-likeness (QED) is 0.0295. The molecule has 22 heteroatoms. The molecule has 0 saturated heterocycles. The van der Waals surface area contributed by atoms with E-state index < -0.39 is 257 Å². The van der Waals surface area contributed by atoms with Gasteiger partial charge in [0.1, 0.15) is 24.7 Å². The maximum Gasteiger partial charge on any atom is 0.416 e. The summed E-state index contributed by atoms with van der Waals surface area (Å²) in [6.07, 6.45) is -15.4. The number of hydrogen-bond donors (Lipinski definition) is 0. The van der Waals surface area contributed by atoms with Gasteiger partial charge in [-0.25, -0.2) is 8.78 Å². The molecule has 0 N–H and O–H groups in total. The van der Waals surface area contributed by atoms with Crippen LogP contribution in [-0.4, -0.2) is 103 Å². The number of halogens is 8. The van der Waals surface area contributed by atoms with Crippen LogP contribution >= 0.6 is 23.5 Å². The predicted molar refractivity (Wildman–Crippen MR) is 358 cm³/mol. The number of nitrogens with zero attached hydrogens (tertiary/aromatic N) is 8. The third-order valence-electron chi connectivity index (χ3n) is 14.3. The zero-order chi connectivity index (χ0) is 93.7. The number of benzene rings is 6. The van der Waals surface area contributed by atoms with E-state index in [1.54, 1.807) is 26.0 Å². The molecule has 0 fully saturated rings. The van der Waals surface area contributed by atoms with Gasteiger partial charge in [-0.05, 0) is 157 Å². The molecule has 1 unspecified atom stereocenters. The van der Waals surface area contributed by atoms with E-state index in [4.69, 9.17) is 37.0 Å². The molecular weight excluding hydrogens is 1270 g/mol. The van der Waals surface area contributed by atoms with Crippen molar-refractivity contribution < 1.29 is 84.5 Å². The first-order valence-corrected chi connectivity index (χ1v) is 30.9. The fourth-order valence-electron chi connectivity index (χ4n) is 9.26. The monoisotopic (exact) mass is 1380 g/mol. The molecule has 2 aliphatic rings. The number of amides is 2. The molecule has 2 heterocycles. The highest BCUT2D eigenvalue weighted by Crippen LogP contribution is 2.35. The maximum atomic E-state index is 15.0. The first-order chi connectivity index (χ1) is 56.9. The number of alkyl halides is 6. The van der Waals surface area contributed by atoms with Crippen molar-refractivity contribution in [3.63, 3.8) is 0 Å². The Labute approximate surface area is 598 Å². The van der Waals surface area contributed by atoms with Gasteiger partial charge < -0.3 is 28.7 Å². The Hall–Kier alpha value is -7.92. The first-order valence-electron chi connectivity index (χ1n) is 43.7. The van der Waals surface area contributed by atoms with Crippen LogP contribution in [0.25, 0.3) is 22.3 Å². The van der Waals surface area contributed by atoms with Gasteiger partial charge in [-0.1, -0.05) is 155 Å². The Balaban J connectivity index is 0.000000285. The van der Waals surface area contributed by atoms with Crippen LogP contribution in [-0.2, 0) is 85.1 Å². The lowest BCUT2D eigenvalue weighted by molar-refractivity contribution is -0.138. The highest BCUT2D eigenvalue weighted by molar-refractivity contribution is 7.98. The van der Waals surface area contributed by atoms with Crippen LogP contribution in [0, 0.1) is 17.5 Å². The van der Waals surface area contributed by atoms with Crippen molar-refractivity contribution in [1.29, 1.82) is 0 Å². The zero-order valence-corrected chi connectivity index (χ0v) is 52.9. The van der Waals surface area contributed by atoms with E-state index >= 15 is 0 Å². The molecule has 10 rings (SSSR count). The Morgan fingerprint density at radius 1 is 0.537 bits per heavy atom. The van der Waals surface area contributed by atoms with Gasteiger partial charge in [0, 0.05) is 90.8 Å². The van der Waals surface area contributed by atoms with Crippen LogP contribution < -0.4 is 11.1 Å². The van der Waals surface area contributed by atoms with E-state index in [-0.39, 0.29) is 84.3 Å². The molecule has 0 spiro atoms. The lowest BCUT2D eigenvalue weighted by atomic mass is 10.0. The third kappa shape index (κ3) is 19.2. The molecule has 2 amide bonds. The van der Waals surface area contributed by atoms with Gasteiger partial charge in [0.15, 0.2) is 10.3 Å². The van der Waals surface area contributed by atoms with Crippen molar-refractivity contribution >= 4 is 35.3 Å². The minimum absolute atomic E-state index is 0.0465. The number of likely N-dealkylation sites (N-methyl/N-ethyl adjacent to an activating group) is 2. The van der Waals surface area contributed by atoms with Crippen molar-refractivity contribution in [2.24, 2.45) is 5.89 Å². The molecule has 0 saturated carbocycles. The van der Waals surface area contributed by atoms with Gasteiger partial charge in [0.05, 0.1) is 33.1 Å². The number of rotatable bonds is 26. The molecule has 502 valence electrons.